The molecule has 4 bridgehead atoms. The molecule has 168 valence electrons. The van der Waals surface area contributed by atoms with Crippen molar-refractivity contribution in [1.82, 2.24) is 10.6 Å². The van der Waals surface area contributed by atoms with E-state index in [1.807, 2.05) is 0 Å². The van der Waals surface area contributed by atoms with Gasteiger partial charge in [-0.25, -0.2) is 0 Å². The van der Waals surface area contributed by atoms with Crippen molar-refractivity contribution in [2.24, 2.45) is 47.3 Å². The standard InChI is InChI=1S/C26H42N2O2/c1-15(23-13-17-3-5-21(23)11-17)27-25(29)19-7-9-20(10-8-19)26(30)28-16(2)24-14-18-4-6-22(24)12-18/h15-24H,3-14H2,1-2H3,(H,27,29)(H,28,30)/t15-,16+,17-,18-,19?,20?,21-,22-,23-,24-/m0/s1. The molecule has 5 fully saturated rings. The Labute approximate surface area is 182 Å². The number of amides is 2. The zero-order valence-corrected chi connectivity index (χ0v) is 19.1. The summed E-state index contributed by atoms with van der Waals surface area (Å²) in [6.45, 7) is 4.44. The van der Waals surface area contributed by atoms with Crippen LogP contribution in [0.3, 0.4) is 0 Å². The summed E-state index contributed by atoms with van der Waals surface area (Å²) in [5, 5.41) is 6.73. The lowest BCUT2D eigenvalue weighted by molar-refractivity contribution is -0.131. The van der Waals surface area contributed by atoms with Gasteiger partial charge in [0.25, 0.3) is 0 Å². The van der Waals surface area contributed by atoms with E-state index in [4.69, 9.17) is 0 Å². The van der Waals surface area contributed by atoms with E-state index in [0.29, 0.717) is 23.9 Å². The van der Waals surface area contributed by atoms with Crippen LogP contribution in [0.5, 0.6) is 0 Å². The third kappa shape index (κ3) is 4.05. The highest BCUT2D eigenvalue weighted by Gasteiger charge is 2.44. The monoisotopic (exact) mass is 414 g/mol. The third-order valence-electron chi connectivity index (χ3n) is 10.1. The number of hydrogen-bond donors (Lipinski definition) is 2. The second-order valence-electron chi connectivity index (χ2n) is 11.8. The van der Waals surface area contributed by atoms with Gasteiger partial charge in [-0.05, 0) is 114 Å². The number of fused-ring (bicyclic) bond motifs is 4. The van der Waals surface area contributed by atoms with Gasteiger partial charge < -0.3 is 10.6 Å². The lowest BCUT2D eigenvalue weighted by Gasteiger charge is -2.33. The number of carbonyl (C=O) groups is 2. The van der Waals surface area contributed by atoms with E-state index in [-0.39, 0.29) is 23.7 Å². The Bertz CT molecular complexity index is 599. The molecule has 4 heteroatoms. The van der Waals surface area contributed by atoms with Crippen LogP contribution in [0, 0.1) is 47.3 Å². The molecule has 0 saturated heterocycles. The van der Waals surface area contributed by atoms with Gasteiger partial charge >= 0.3 is 0 Å². The molecule has 5 rings (SSSR count). The van der Waals surface area contributed by atoms with Gasteiger partial charge in [0.15, 0.2) is 0 Å². The summed E-state index contributed by atoms with van der Waals surface area (Å²) in [6.07, 6.45) is 14.5. The maximum Gasteiger partial charge on any atom is 0.223 e. The molecule has 30 heavy (non-hydrogen) atoms. The van der Waals surface area contributed by atoms with Gasteiger partial charge in [-0.15, -0.1) is 0 Å². The van der Waals surface area contributed by atoms with Gasteiger partial charge in [0.1, 0.15) is 0 Å². The van der Waals surface area contributed by atoms with Crippen LogP contribution in [-0.4, -0.2) is 23.9 Å². The number of carbonyl (C=O) groups excluding carboxylic acids is 2. The Balaban J connectivity index is 1.05. The molecule has 5 saturated carbocycles. The molecular formula is C26H42N2O2. The lowest BCUT2D eigenvalue weighted by Crippen LogP contribution is -2.46. The minimum atomic E-state index is 0.109. The Morgan fingerprint density at radius 3 is 1.30 bits per heavy atom. The van der Waals surface area contributed by atoms with Crippen molar-refractivity contribution in [3.05, 3.63) is 0 Å². The molecule has 5 aliphatic rings. The molecule has 0 aromatic heterocycles. The summed E-state index contributed by atoms with van der Waals surface area (Å²) < 4.78 is 0. The highest BCUT2D eigenvalue weighted by atomic mass is 16.2. The molecule has 0 aromatic rings. The Morgan fingerprint density at radius 2 is 1.00 bits per heavy atom. The molecular weight excluding hydrogens is 372 g/mol. The second kappa shape index (κ2) is 8.47. The molecule has 0 spiro atoms. The van der Waals surface area contributed by atoms with E-state index in [9.17, 15) is 9.59 Å². The fourth-order valence-electron chi connectivity index (χ4n) is 8.33. The van der Waals surface area contributed by atoms with E-state index in [2.05, 4.69) is 24.5 Å². The zero-order valence-electron chi connectivity index (χ0n) is 19.1. The first-order chi connectivity index (χ1) is 14.5. The quantitative estimate of drug-likeness (QED) is 0.663. The normalized spacial score (nSPS) is 44.1. The number of hydrogen-bond acceptors (Lipinski definition) is 2. The van der Waals surface area contributed by atoms with Gasteiger partial charge in [-0.2, -0.15) is 0 Å². The van der Waals surface area contributed by atoms with Crippen LogP contribution in [0.4, 0.5) is 0 Å². The van der Waals surface area contributed by atoms with E-state index in [1.165, 1.54) is 51.4 Å². The van der Waals surface area contributed by atoms with Gasteiger partial charge in [0.2, 0.25) is 11.8 Å². The summed E-state index contributed by atoms with van der Waals surface area (Å²) >= 11 is 0. The number of nitrogens with one attached hydrogen (secondary N) is 2. The van der Waals surface area contributed by atoms with Gasteiger partial charge in [0, 0.05) is 23.9 Å². The van der Waals surface area contributed by atoms with E-state index in [0.717, 1.165) is 49.4 Å². The average molecular weight is 415 g/mol. The molecule has 4 nitrogen and oxygen atoms in total. The topological polar surface area (TPSA) is 58.2 Å². The van der Waals surface area contributed by atoms with Crippen LogP contribution in [0.1, 0.15) is 90.9 Å². The molecule has 0 unspecified atom stereocenters. The zero-order chi connectivity index (χ0) is 20.8. The van der Waals surface area contributed by atoms with Crippen LogP contribution in [0.25, 0.3) is 0 Å². The first-order valence-corrected chi connectivity index (χ1v) is 13.1. The summed E-state index contributed by atoms with van der Waals surface area (Å²) in [7, 11) is 0. The van der Waals surface area contributed by atoms with Crippen LogP contribution < -0.4 is 10.6 Å². The van der Waals surface area contributed by atoms with Gasteiger partial charge in [-0.3, -0.25) is 9.59 Å². The molecule has 8 atom stereocenters. The fraction of sp³-hybridized carbons (Fsp3) is 0.923. The largest absolute Gasteiger partial charge is 0.353 e. The Hall–Kier alpha value is -1.06. The van der Waals surface area contributed by atoms with Crippen molar-refractivity contribution in [2.45, 2.75) is 103 Å². The summed E-state index contributed by atoms with van der Waals surface area (Å²) in [6, 6.07) is 0.632. The van der Waals surface area contributed by atoms with E-state index in [1.54, 1.807) is 0 Å². The van der Waals surface area contributed by atoms with Gasteiger partial charge in [-0.1, -0.05) is 12.8 Å². The van der Waals surface area contributed by atoms with Gasteiger partial charge in [0.05, 0.1) is 0 Å². The maximum atomic E-state index is 12.9. The van der Waals surface area contributed by atoms with Crippen molar-refractivity contribution < 1.29 is 9.59 Å². The van der Waals surface area contributed by atoms with E-state index >= 15 is 0 Å². The van der Waals surface area contributed by atoms with Crippen molar-refractivity contribution in [3.8, 4) is 0 Å². The van der Waals surface area contributed by atoms with Crippen molar-refractivity contribution in [1.29, 1.82) is 0 Å². The third-order valence-corrected chi connectivity index (χ3v) is 10.1. The molecule has 0 aromatic carbocycles. The van der Waals surface area contributed by atoms with Crippen LogP contribution in [0.2, 0.25) is 0 Å². The molecule has 5 aliphatic carbocycles. The molecule has 2 N–H and O–H groups in total. The fourth-order valence-corrected chi connectivity index (χ4v) is 8.33. The number of rotatable bonds is 6. The predicted octanol–water partition coefficient (Wildman–Crippen LogP) is 4.67. The van der Waals surface area contributed by atoms with Crippen LogP contribution in [0.15, 0.2) is 0 Å². The summed E-state index contributed by atoms with van der Waals surface area (Å²) in [5.41, 5.74) is 0. The van der Waals surface area contributed by atoms with E-state index < -0.39 is 0 Å². The minimum absolute atomic E-state index is 0.109. The first kappa shape index (κ1) is 20.8. The molecule has 0 radical (unpaired) electrons. The smallest absolute Gasteiger partial charge is 0.223 e. The van der Waals surface area contributed by atoms with Crippen molar-refractivity contribution in [3.63, 3.8) is 0 Å². The molecule has 2 amide bonds. The van der Waals surface area contributed by atoms with Crippen molar-refractivity contribution in [2.75, 3.05) is 0 Å². The van der Waals surface area contributed by atoms with Crippen LogP contribution in [-0.2, 0) is 9.59 Å². The summed E-state index contributed by atoms with van der Waals surface area (Å²) in [4.78, 5) is 25.7. The minimum Gasteiger partial charge on any atom is -0.353 e. The second-order valence-corrected chi connectivity index (χ2v) is 11.8. The Kier molecular flexibility index (Phi) is 5.88. The average Bonchev–Trinajstić information content (AvgIpc) is 3.55. The highest BCUT2D eigenvalue weighted by Crippen LogP contribution is 2.50. The highest BCUT2D eigenvalue weighted by molar-refractivity contribution is 5.81. The molecule has 0 heterocycles. The predicted molar refractivity (Wildman–Crippen MR) is 119 cm³/mol. The van der Waals surface area contributed by atoms with Crippen LogP contribution >= 0.6 is 0 Å². The first-order valence-electron chi connectivity index (χ1n) is 13.1. The summed E-state index contributed by atoms with van der Waals surface area (Å²) in [5.74, 6) is 5.66. The van der Waals surface area contributed by atoms with Crippen molar-refractivity contribution >= 4 is 11.8 Å². The Morgan fingerprint density at radius 1 is 0.600 bits per heavy atom. The lowest BCUT2D eigenvalue weighted by atomic mass is 9.79. The molecule has 0 aliphatic heterocycles. The SMILES string of the molecule is C[C@H](NC(=O)C1CCC(C(=O)N[C@H](C)[C@@H]2C[C@H]3CC[C@H]2C3)CC1)[C@@H]1C[C@H]2CC[C@H]1C2. The maximum absolute atomic E-state index is 12.9.